The van der Waals surface area contributed by atoms with Crippen molar-refractivity contribution in [2.75, 3.05) is 13.1 Å². The van der Waals surface area contributed by atoms with Crippen LogP contribution in [0.1, 0.15) is 39.2 Å². The first-order valence-corrected chi connectivity index (χ1v) is 7.64. The first-order valence-electron chi connectivity index (χ1n) is 7.64. The maximum absolute atomic E-state index is 11.7. The van der Waals surface area contributed by atoms with Crippen LogP contribution < -0.4 is 10.6 Å². The number of amides is 2. The normalized spacial score (nSPS) is 10.9. The Labute approximate surface area is 132 Å². The molecule has 5 nitrogen and oxygen atoms in total. The third kappa shape index (κ3) is 9.00. The molecule has 0 unspecified atom stereocenters. The topological polar surface area (TPSA) is 67.4 Å². The molecule has 22 heavy (non-hydrogen) atoms. The molecule has 0 aliphatic rings. The second-order valence-corrected chi connectivity index (χ2v) is 6.12. The zero-order valence-corrected chi connectivity index (χ0v) is 13.6. The second kappa shape index (κ2) is 9.07. The van der Waals surface area contributed by atoms with Crippen LogP contribution in [0.2, 0.25) is 0 Å². The molecule has 0 fully saturated rings. The molecule has 0 bridgehead atoms. The van der Waals surface area contributed by atoms with Gasteiger partial charge in [-0.05, 0) is 39.2 Å². The second-order valence-electron chi connectivity index (χ2n) is 6.12. The zero-order chi connectivity index (χ0) is 16.4. The third-order valence-corrected chi connectivity index (χ3v) is 2.83. The van der Waals surface area contributed by atoms with Gasteiger partial charge in [-0.1, -0.05) is 30.3 Å². The lowest BCUT2D eigenvalue weighted by atomic mass is 10.1. The van der Waals surface area contributed by atoms with Crippen LogP contribution in [0.25, 0.3) is 0 Å². The van der Waals surface area contributed by atoms with E-state index < -0.39 is 11.7 Å². The van der Waals surface area contributed by atoms with E-state index in [1.165, 1.54) is 5.56 Å². The number of alkyl carbamates (subject to hydrolysis) is 1. The number of nitrogens with one attached hydrogen (secondary N) is 2. The van der Waals surface area contributed by atoms with Crippen molar-refractivity contribution in [3.63, 3.8) is 0 Å². The molecule has 122 valence electrons. The highest BCUT2D eigenvalue weighted by Crippen LogP contribution is 2.06. The van der Waals surface area contributed by atoms with Crippen molar-refractivity contribution in [1.29, 1.82) is 0 Å². The molecule has 5 heteroatoms. The summed E-state index contributed by atoms with van der Waals surface area (Å²) < 4.78 is 5.11. The summed E-state index contributed by atoms with van der Waals surface area (Å²) in [5, 5.41) is 5.51. The van der Waals surface area contributed by atoms with Gasteiger partial charge < -0.3 is 15.4 Å². The van der Waals surface area contributed by atoms with Gasteiger partial charge in [0, 0.05) is 19.5 Å². The van der Waals surface area contributed by atoms with Crippen LogP contribution in [0, 0.1) is 0 Å². The summed E-state index contributed by atoms with van der Waals surface area (Å²) in [7, 11) is 0. The van der Waals surface area contributed by atoms with E-state index >= 15 is 0 Å². The standard InChI is InChI=1S/C17H26N2O3/c1-17(2,3)22-16(21)19-12-7-10-15(20)18-13-11-14-8-5-4-6-9-14/h4-6,8-9H,7,10-13H2,1-3H3,(H,18,20)(H,19,21). The molecule has 2 amide bonds. The SMILES string of the molecule is CC(C)(C)OC(=O)NCCCC(=O)NCCc1ccccc1. The van der Waals surface area contributed by atoms with Crippen LogP contribution in [0.3, 0.4) is 0 Å². The molecule has 1 aromatic carbocycles. The Bertz CT molecular complexity index is 467. The summed E-state index contributed by atoms with van der Waals surface area (Å²) in [5.41, 5.74) is 0.702. The van der Waals surface area contributed by atoms with Crippen molar-refractivity contribution in [2.45, 2.75) is 45.6 Å². The predicted molar refractivity (Wildman–Crippen MR) is 86.6 cm³/mol. The Morgan fingerprint density at radius 3 is 2.36 bits per heavy atom. The number of carbonyl (C=O) groups excluding carboxylic acids is 2. The minimum absolute atomic E-state index is 0.00178. The van der Waals surface area contributed by atoms with Gasteiger partial charge in [0.25, 0.3) is 0 Å². The number of hydrogen-bond donors (Lipinski definition) is 2. The molecule has 2 N–H and O–H groups in total. The van der Waals surface area contributed by atoms with Crippen LogP contribution in [0.4, 0.5) is 4.79 Å². The maximum atomic E-state index is 11.7. The number of hydrogen-bond acceptors (Lipinski definition) is 3. The maximum Gasteiger partial charge on any atom is 0.407 e. The third-order valence-electron chi connectivity index (χ3n) is 2.83. The first-order chi connectivity index (χ1) is 10.4. The van der Waals surface area contributed by atoms with E-state index in [1.54, 1.807) is 0 Å². The van der Waals surface area contributed by atoms with Gasteiger partial charge in [-0.3, -0.25) is 4.79 Å². The quantitative estimate of drug-likeness (QED) is 0.761. The lowest BCUT2D eigenvalue weighted by molar-refractivity contribution is -0.121. The fraction of sp³-hybridized carbons (Fsp3) is 0.529. The fourth-order valence-electron chi connectivity index (χ4n) is 1.83. The Morgan fingerprint density at radius 2 is 1.73 bits per heavy atom. The molecule has 0 heterocycles. The summed E-state index contributed by atoms with van der Waals surface area (Å²) in [4.78, 5) is 23.1. The van der Waals surface area contributed by atoms with Gasteiger partial charge in [0.15, 0.2) is 0 Å². The molecule has 0 saturated heterocycles. The van der Waals surface area contributed by atoms with Gasteiger partial charge in [0.05, 0.1) is 0 Å². The van der Waals surface area contributed by atoms with Crippen LogP contribution >= 0.6 is 0 Å². The van der Waals surface area contributed by atoms with Crippen LogP contribution in [-0.2, 0) is 16.0 Å². The van der Waals surface area contributed by atoms with E-state index in [9.17, 15) is 9.59 Å². The summed E-state index contributed by atoms with van der Waals surface area (Å²) in [6.45, 7) is 6.50. The summed E-state index contributed by atoms with van der Waals surface area (Å²) in [6, 6.07) is 10.0. The number of rotatable bonds is 7. The highest BCUT2D eigenvalue weighted by atomic mass is 16.6. The molecule has 0 atom stereocenters. The molecule has 1 aromatic rings. The van der Waals surface area contributed by atoms with E-state index in [0.29, 0.717) is 25.9 Å². The Kier molecular flexibility index (Phi) is 7.43. The van der Waals surface area contributed by atoms with E-state index in [1.807, 2.05) is 51.1 Å². The lowest BCUT2D eigenvalue weighted by Gasteiger charge is -2.19. The van der Waals surface area contributed by atoms with Gasteiger partial charge in [0.1, 0.15) is 5.60 Å². The number of benzene rings is 1. The van der Waals surface area contributed by atoms with E-state index in [0.717, 1.165) is 6.42 Å². The summed E-state index contributed by atoms with van der Waals surface area (Å²) in [5.74, 6) is 0.00178. The molecule has 0 saturated carbocycles. The summed E-state index contributed by atoms with van der Waals surface area (Å²) >= 11 is 0. The lowest BCUT2D eigenvalue weighted by Crippen LogP contribution is -2.33. The summed E-state index contributed by atoms with van der Waals surface area (Å²) in [6.07, 6.45) is 1.36. The van der Waals surface area contributed by atoms with Crippen LogP contribution in [0.15, 0.2) is 30.3 Å². The van der Waals surface area contributed by atoms with Crippen LogP contribution in [-0.4, -0.2) is 30.7 Å². The highest BCUT2D eigenvalue weighted by molar-refractivity contribution is 5.76. The van der Waals surface area contributed by atoms with Crippen molar-refractivity contribution in [1.82, 2.24) is 10.6 Å². The zero-order valence-electron chi connectivity index (χ0n) is 13.6. The van der Waals surface area contributed by atoms with Crippen molar-refractivity contribution in [3.8, 4) is 0 Å². The van der Waals surface area contributed by atoms with Crippen LogP contribution in [0.5, 0.6) is 0 Å². The smallest absolute Gasteiger partial charge is 0.407 e. The van der Waals surface area contributed by atoms with Crippen molar-refractivity contribution in [2.24, 2.45) is 0 Å². The van der Waals surface area contributed by atoms with Gasteiger partial charge >= 0.3 is 6.09 Å². The van der Waals surface area contributed by atoms with Crippen molar-refractivity contribution in [3.05, 3.63) is 35.9 Å². The number of ether oxygens (including phenoxy) is 1. The minimum Gasteiger partial charge on any atom is -0.444 e. The first kappa shape index (κ1) is 18.0. The monoisotopic (exact) mass is 306 g/mol. The van der Waals surface area contributed by atoms with Gasteiger partial charge in [0.2, 0.25) is 5.91 Å². The predicted octanol–water partition coefficient (Wildman–Crippen LogP) is 2.65. The molecular weight excluding hydrogens is 280 g/mol. The van der Waals surface area contributed by atoms with E-state index in [4.69, 9.17) is 4.74 Å². The molecule has 0 aliphatic carbocycles. The van der Waals surface area contributed by atoms with E-state index in [2.05, 4.69) is 10.6 Å². The largest absolute Gasteiger partial charge is 0.444 e. The average molecular weight is 306 g/mol. The minimum atomic E-state index is -0.501. The van der Waals surface area contributed by atoms with Crippen molar-refractivity contribution >= 4 is 12.0 Å². The Balaban J connectivity index is 2.05. The highest BCUT2D eigenvalue weighted by Gasteiger charge is 2.15. The van der Waals surface area contributed by atoms with Gasteiger partial charge in [-0.2, -0.15) is 0 Å². The molecule has 0 spiro atoms. The van der Waals surface area contributed by atoms with Gasteiger partial charge in [-0.15, -0.1) is 0 Å². The van der Waals surface area contributed by atoms with Crippen molar-refractivity contribution < 1.29 is 14.3 Å². The molecular formula is C17H26N2O3. The van der Waals surface area contributed by atoms with E-state index in [-0.39, 0.29) is 5.91 Å². The Morgan fingerprint density at radius 1 is 1.05 bits per heavy atom. The number of carbonyl (C=O) groups is 2. The van der Waals surface area contributed by atoms with Gasteiger partial charge in [-0.25, -0.2) is 4.79 Å². The molecule has 0 aliphatic heterocycles. The fourth-order valence-corrected chi connectivity index (χ4v) is 1.83. The Hall–Kier alpha value is -2.04. The average Bonchev–Trinajstić information content (AvgIpc) is 2.43. The molecule has 0 radical (unpaired) electrons. The molecule has 0 aromatic heterocycles. The molecule has 1 rings (SSSR count).